The molecule has 0 spiro atoms. The summed E-state index contributed by atoms with van der Waals surface area (Å²) in [5.41, 5.74) is 0.479. The summed E-state index contributed by atoms with van der Waals surface area (Å²) in [5.74, 6) is 1.32. The van der Waals surface area contributed by atoms with Crippen molar-refractivity contribution in [3.05, 3.63) is 5.82 Å². The molecule has 1 fully saturated rings. The molecule has 18 heavy (non-hydrogen) atoms. The van der Waals surface area contributed by atoms with Gasteiger partial charge in [-0.2, -0.15) is 4.37 Å². The number of carbonyl (C=O) groups is 1. The lowest BCUT2D eigenvalue weighted by Crippen LogP contribution is -2.31. The van der Waals surface area contributed by atoms with E-state index >= 15 is 0 Å². The Balaban J connectivity index is 1.73. The lowest BCUT2D eigenvalue weighted by atomic mass is 9.97. The highest BCUT2D eigenvalue weighted by atomic mass is 32.1. The summed E-state index contributed by atoms with van der Waals surface area (Å²) in [6, 6.07) is -0.181. The zero-order chi connectivity index (χ0) is 13.2. The van der Waals surface area contributed by atoms with Crippen molar-refractivity contribution in [1.29, 1.82) is 0 Å². The van der Waals surface area contributed by atoms with Gasteiger partial charge in [0.2, 0.25) is 5.13 Å². The first kappa shape index (κ1) is 13.3. The van der Waals surface area contributed by atoms with Gasteiger partial charge in [-0.1, -0.05) is 26.7 Å². The van der Waals surface area contributed by atoms with Gasteiger partial charge in [-0.15, -0.1) is 0 Å². The number of hydrogen-bond donors (Lipinski definition) is 2. The lowest BCUT2D eigenvalue weighted by molar-refractivity contribution is 0.250. The van der Waals surface area contributed by atoms with Crippen molar-refractivity contribution < 1.29 is 4.79 Å². The maximum Gasteiger partial charge on any atom is 0.321 e. The number of aromatic nitrogens is 2. The molecule has 1 heterocycles. The molecule has 2 N–H and O–H groups in total. The second-order valence-corrected chi connectivity index (χ2v) is 5.70. The van der Waals surface area contributed by atoms with Crippen LogP contribution in [0.25, 0.3) is 0 Å². The molecule has 1 aromatic rings. The third-order valence-electron chi connectivity index (χ3n) is 4.02. The van der Waals surface area contributed by atoms with Crippen LogP contribution in [0.4, 0.5) is 9.93 Å². The summed E-state index contributed by atoms with van der Waals surface area (Å²) >= 11 is 1.20. The molecule has 0 saturated heterocycles. The van der Waals surface area contributed by atoms with Gasteiger partial charge in [-0.05, 0) is 24.7 Å². The van der Waals surface area contributed by atoms with Gasteiger partial charge < -0.3 is 5.32 Å². The van der Waals surface area contributed by atoms with E-state index in [0.717, 1.165) is 6.54 Å². The fourth-order valence-electron chi connectivity index (χ4n) is 2.54. The van der Waals surface area contributed by atoms with E-state index in [-0.39, 0.29) is 6.03 Å². The molecular weight excluding hydrogens is 248 g/mol. The number of aryl methyl sites for hydroxylation is 1. The van der Waals surface area contributed by atoms with Crippen molar-refractivity contribution in [2.75, 3.05) is 11.9 Å². The summed E-state index contributed by atoms with van der Waals surface area (Å²) in [6.07, 6.45) is 3.64. The third kappa shape index (κ3) is 2.80. The fraction of sp³-hybridized carbons (Fsp3) is 0.750. The molecule has 5 nitrogen and oxygen atoms in total. The Labute approximate surface area is 112 Å². The Morgan fingerprint density at radius 3 is 2.72 bits per heavy atom. The number of anilines is 1. The summed E-state index contributed by atoms with van der Waals surface area (Å²) < 4.78 is 4.01. The Bertz CT molecular complexity index is 427. The molecule has 0 bridgehead atoms. The number of hydrogen-bond acceptors (Lipinski definition) is 4. The zero-order valence-electron chi connectivity index (χ0n) is 11.1. The highest BCUT2D eigenvalue weighted by molar-refractivity contribution is 7.09. The molecule has 100 valence electrons. The molecule has 0 unspecified atom stereocenters. The van der Waals surface area contributed by atoms with Crippen molar-refractivity contribution >= 4 is 22.7 Å². The van der Waals surface area contributed by atoms with Crippen molar-refractivity contribution in [3.8, 4) is 0 Å². The van der Waals surface area contributed by atoms with Gasteiger partial charge in [0.05, 0.1) is 0 Å². The van der Waals surface area contributed by atoms with Crippen LogP contribution in [-0.4, -0.2) is 21.9 Å². The van der Waals surface area contributed by atoms with Crippen LogP contribution in [0.3, 0.4) is 0 Å². The predicted molar refractivity (Wildman–Crippen MR) is 72.8 cm³/mol. The number of rotatable bonds is 5. The standard InChI is InChI=1S/C12H20N4OS/c1-4-12(5-2)6-9(12)7-13-10(17)15-11-14-8(3)16-18-11/h9H,4-7H2,1-3H3,(H2,13,14,15,16,17)/t9-/m0/s1. The summed E-state index contributed by atoms with van der Waals surface area (Å²) in [7, 11) is 0. The Morgan fingerprint density at radius 2 is 2.22 bits per heavy atom. The number of nitrogens with zero attached hydrogens (tertiary/aromatic N) is 2. The molecule has 6 heteroatoms. The third-order valence-corrected chi connectivity index (χ3v) is 4.75. The first-order valence-corrected chi connectivity index (χ1v) is 7.22. The average Bonchev–Trinajstić information content (AvgIpc) is 2.94. The van der Waals surface area contributed by atoms with E-state index < -0.39 is 0 Å². The first-order valence-electron chi connectivity index (χ1n) is 6.45. The normalized spacial score (nSPS) is 20.5. The minimum Gasteiger partial charge on any atom is -0.338 e. The van der Waals surface area contributed by atoms with Gasteiger partial charge in [0.1, 0.15) is 5.82 Å². The molecule has 1 aromatic heterocycles. The maximum absolute atomic E-state index is 11.7. The van der Waals surface area contributed by atoms with Gasteiger partial charge >= 0.3 is 6.03 Å². The molecule has 1 atom stereocenters. The largest absolute Gasteiger partial charge is 0.338 e. The first-order chi connectivity index (χ1) is 8.59. The van der Waals surface area contributed by atoms with Crippen molar-refractivity contribution in [3.63, 3.8) is 0 Å². The SMILES string of the molecule is CCC1(CC)C[C@H]1CNC(=O)Nc1nc(C)ns1. The topological polar surface area (TPSA) is 66.9 Å². The summed E-state index contributed by atoms with van der Waals surface area (Å²) in [6.45, 7) is 7.02. The lowest BCUT2D eigenvalue weighted by Gasteiger charge is -2.12. The summed E-state index contributed by atoms with van der Waals surface area (Å²) in [5, 5.41) is 6.17. The summed E-state index contributed by atoms with van der Waals surface area (Å²) in [4.78, 5) is 15.7. The van der Waals surface area contributed by atoms with Gasteiger partial charge in [0.15, 0.2) is 0 Å². The Morgan fingerprint density at radius 1 is 1.50 bits per heavy atom. The molecule has 0 radical (unpaired) electrons. The van der Waals surface area contributed by atoms with E-state index in [4.69, 9.17) is 0 Å². The monoisotopic (exact) mass is 268 g/mol. The van der Waals surface area contributed by atoms with E-state index in [2.05, 4.69) is 33.8 Å². The van der Waals surface area contributed by atoms with Crippen LogP contribution >= 0.6 is 11.5 Å². The van der Waals surface area contributed by atoms with Crippen LogP contribution in [0.5, 0.6) is 0 Å². The predicted octanol–water partition coefficient (Wildman–Crippen LogP) is 2.79. The highest BCUT2D eigenvalue weighted by Gasteiger charge is 2.50. The van der Waals surface area contributed by atoms with Crippen molar-refractivity contribution in [2.45, 2.75) is 40.0 Å². The minimum atomic E-state index is -0.181. The molecule has 2 amide bonds. The molecule has 0 aliphatic heterocycles. The quantitative estimate of drug-likeness (QED) is 0.863. The zero-order valence-corrected chi connectivity index (χ0v) is 11.9. The molecule has 1 saturated carbocycles. The smallest absolute Gasteiger partial charge is 0.321 e. The molecule has 2 rings (SSSR count). The van der Waals surface area contributed by atoms with E-state index in [9.17, 15) is 4.79 Å². The number of amides is 2. The molecule has 1 aliphatic carbocycles. The van der Waals surface area contributed by atoms with E-state index in [1.807, 2.05) is 0 Å². The van der Waals surface area contributed by atoms with Gasteiger partial charge in [0.25, 0.3) is 0 Å². The Kier molecular flexibility index (Phi) is 3.85. The van der Waals surface area contributed by atoms with Crippen LogP contribution in [0, 0.1) is 18.3 Å². The maximum atomic E-state index is 11.7. The van der Waals surface area contributed by atoms with Gasteiger partial charge in [0, 0.05) is 18.1 Å². The van der Waals surface area contributed by atoms with Crippen molar-refractivity contribution in [1.82, 2.24) is 14.7 Å². The highest BCUT2D eigenvalue weighted by Crippen LogP contribution is 2.57. The second-order valence-electron chi connectivity index (χ2n) is 4.95. The van der Waals surface area contributed by atoms with Crippen molar-refractivity contribution in [2.24, 2.45) is 11.3 Å². The molecule has 0 aromatic carbocycles. The van der Waals surface area contributed by atoms with Crippen LogP contribution in [0.1, 0.15) is 38.9 Å². The fourth-order valence-corrected chi connectivity index (χ4v) is 3.11. The van der Waals surface area contributed by atoms with E-state index in [1.165, 1.54) is 30.8 Å². The second kappa shape index (κ2) is 5.22. The molecule has 1 aliphatic rings. The van der Waals surface area contributed by atoms with E-state index in [1.54, 1.807) is 6.92 Å². The Hall–Kier alpha value is -1.17. The van der Waals surface area contributed by atoms with Gasteiger partial charge in [-0.3, -0.25) is 5.32 Å². The number of nitrogens with one attached hydrogen (secondary N) is 2. The number of urea groups is 1. The number of carbonyl (C=O) groups excluding carboxylic acids is 1. The van der Waals surface area contributed by atoms with Gasteiger partial charge in [-0.25, -0.2) is 9.78 Å². The van der Waals surface area contributed by atoms with Crippen LogP contribution in [-0.2, 0) is 0 Å². The average molecular weight is 268 g/mol. The van der Waals surface area contributed by atoms with Crippen LogP contribution in [0.15, 0.2) is 0 Å². The molecular formula is C12H20N4OS. The van der Waals surface area contributed by atoms with Crippen LogP contribution in [0.2, 0.25) is 0 Å². The van der Waals surface area contributed by atoms with E-state index in [0.29, 0.717) is 22.3 Å². The minimum absolute atomic E-state index is 0.181. The van der Waals surface area contributed by atoms with Crippen LogP contribution < -0.4 is 10.6 Å².